The van der Waals surface area contributed by atoms with Crippen molar-refractivity contribution in [2.24, 2.45) is 10.9 Å². The quantitative estimate of drug-likeness (QED) is 0.176. The molecule has 0 aliphatic heterocycles. The predicted molar refractivity (Wildman–Crippen MR) is 58.9 cm³/mol. The highest BCUT2D eigenvalue weighted by Crippen LogP contribution is 2.27. The number of hydrogen-bond donors (Lipinski definition) is 4. The lowest BCUT2D eigenvalue weighted by atomic mass is 9.85. The summed E-state index contributed by atoms with van der Waals surface area (Å²) in [5.41, 5.74) is 4.78. The molecule has 1 saturated carbocycles. The van der Waals surface area contributed by atoms with Crippen molar-refractivity contribution in [3.63, 3.8) is 0 Å². The van der Waals surface area contributed by atoms with E-state index in [-0.39, 0.29) is 5.84 Å². The summed E-state index contributed by atoms with van der Waals surface area (Å²) in [6.45, 7) is 1.24. The molecule has 0 saturated heterocycles. The molecular formula is C10H21N3O2. The van der Waals surface area contributed by atoms with E-state index in [0.717, 1.165) is 25.7 Å². The molecule has 0 spiro atoms. The average molecular weight is 215 g/mol. The molecule has 1 aliphatic rings. The van der Waals surface area contributed by atoms with Gasteiger partial charge in [-0.15, -0.1) is 0 Å². The highest BCUT2D eigenvalue weighted by molar-refractivity contribution is 5.79. The molecule has 0 aromatic carbocycles. The Hall–Kier alpha value is -0.810. The number of nitrogens with two attached hydrogens (primary N) is 1. The van der Waals surface area contributed by atoms with Crippen LogP contribution in [0.3, 0.4) is 0 Å². The monoisotopic (exact) mass is 215 g/mol. The molecule has 0 bridgehead atoms. The Morgan fingerprint density at radius 1 is 1.33 bits per heavy atom. The molecule has 1 rings (SSSR count). The maximum absolute atomic E-state index is 10.1. The Balaban J connectivity index is 2.13. The van der Waals surface area contributed by atoms with E-state index in [0.29, 0.717) is 19.5 Å². The number of nitrogens with one attached hydrogen (secondary N) is 1. The maximum atomic E-state index is 10.1. The molecule has 0 atom stereocenters. The van der Waals surface area contributed by atoms with Crippen molar-refractivity contribution in [3.05, 3.63) is 0 Å². The third kappa shape index (κ3) is 4.48. The van der Waals surface area contributed by atoms with Crippen LogP contribution in [0.4, 0.5) is 0 Å². The lowest BCUT2D eigenvalue weighted by molar-refractivity contribution is 0.00525. The molecule has 1 fully saturated rings. The standard InChI is InChI=1S/C10H21N3O2/c11-9(13-15)4-7-12-8-10(14)5-2-1-3-6-10/h12,14-15H,1-8H2,(H2,11,13). The van der Waals surface area contributed by atoms with Crippen LogP contribution in [-0.4, -0.2) is 34.8 Å². The fourth-order valence-corrected chi connectivity index (χ4v) is 1.97. The van der Waals surface area contributed by atoms with Gasteiger partial charge in [-0.2, -0.15) is 0 Å². The Morgan fingerprint density at radius 3 is 2.60 bits per heavy atom. The SMILES string of the molecule is NC(CCNCC1(O)CCCCC1)=NO. The van der Waals surface area contributed by atoms with Gasteiger partial charge in [0.1, 0.15) is 5.84 Å². The van der Waals surface area contributed by atoms with Crippen LogP contribution in [0.1, 0.15) is 38.5 Å². The minimum atomic E-state index is -0.538. The van der Waals surface area contributed by atoms with Crippen LogP contribution in [0.5, 0.6) is 0 Å². The molecule has 0 unspecified atom stereocenters. The summed E-state index contributed by atoms with van der Waals surface area (Å²) in [6, 6.07) is 0. The van der Waals surface area contributed by atoms with E-state index in [1.807, 2.05) is 0 Å². The number of hydrogen-bond acceptors (Lipinski definition) is 4. The van der Waals surface area contributed by atoms with Gasteiger partial charge in [0.25, 0.3) is 0 Å². The number of nitrogens with zero attached hydrogens (tertiary/aromatic N) is 1. The Morgan fingerprint density at radius 2 is 2.00 bits per heavy atom. The molecule has 0 heterocycles. The molecule has 5 heteroatoms. The zero-order chi connectivity index (χ0) is 11.1. The molecule has 5 nitrogen and oxygen atoms in total. The molecule has 88 valence electrons. The van der Waals surface area contributed by atoms with Crippen LogP contribution in [0.2, 0.25) is 0 Å². The molecule has 0 aromatic heterocycles. The van der Waals surface area contributed by atoms with Gasteiger partial charge in [0.15, 0.2) is 0 Å². The maximum Gasteiger partial charge on any atom is 0.140 e. The number of oxime groups is 1. The Kier molecular flexibility index (Phi) is 4.84. The van der Waals surface area contributed by atoms with Crippen LogP contribution in [0, 0.1) is 0 Å². The predicted octanol–water partition coefficient (Wildman–Crippen LogP) is 0.408. The first kappa shape index (κ1) is 12.3. The summed E-state index contributed by atoms with van der Waals surface area (Å²) in [7, 11) is 0. The van der Waals surface area contributed by atoms with Gasteiger partial charge in [0.2, 0.25) is 0 Å². The molecule has 5 N–H and O–H groups in total. The first-order valence-corrected chi connectivity index (χ1v) is 5.56. The van der Waals surface area contributed by atoms with E-state index in [9.17, 15) is 5.11 Å². The average Bonchev–Trinajstić information content (AvgIpc) is 2.25. The molecule has 1 aliphatic carbocycles. The number of rotatable bonds is 5. The topological polar surface area (TPSA) is 90.9 Å². The summed E-state index contributed by atoms with van der Waals surface area (Å²) in [6.07, 6.45) is 5.71. The van der Waals surface area contributed by atoms with Crippen LogP contribution in [0.25, 0.3) is 0 Å². The second kappa shape index (κ2) is 5.92. The van der Waals surface area contributed by atoms with Crippen molar-refractivity contribution in [2.45, 2.75) is 44.1 Å². The summed E-state index contributed by atoms with van der Waals surface area (Å²) < 4.78 is 0. The van der Waals surface area contributed by atoms with E-state index in [2.05, 4.69) is 10.5 Å². The van der Waals surface area contributed by atoms with E-state index >= 15 is 0 Å². The second-order valence-electron chi connectivity index (χ2n) is 4.30. The fourth-order valence-electron chi connectivity index (χ4n) is 1.97. The van der Waals surface area contributed by atoms with Crippen molar-refractivity contribution < 1.29 is 10.3 Å². The first-order valence-electron chi connectivity index (χ1n) is 5.56. The van der Waals surface area contributed by atoms with Gasteiger partial charge in [-0.05, 0) is 12.8 Å². The fraction of sp³-hybridized carbons (Fsp3) is 0.900. The largest absolute Gasteiger partial charge is 0.409 e. The van der Waals surface area contributed by atoms with Crippen LogP contribution < -0.4 is 11.1 Å². The molecule has 0 amide bonds. The summed E-state index contributed by atoms with van der Waals surface area (Å²) >= 11 is 0. The summed E-state index contributed by atoms with van der Waals surface area (Å²) in [4.78, 5) is 0. The van der Waals surface area contributed by atoms with Crippen molar-refractivity contribution >= 4 is 5.84 Å². The van der Waals surface area contributed by atoms with Crippen molar-refractivity contribution in [1.29, 1.82) is 0 Å². The highest BCUT2D eigenvalue weighted by Gasteiger charge is 2.28. The zero-order valence-electron chi connectivity index (χ0n) is 9.08. The molecular weight excluding hydrogens is 194 g/mol. The van der Waals surface area contributed by atoms with Crippen LogP contribution >= 0.6 is 0 Å². The number of amidine groups is 1. The van der Waals surface area contributed by atoms with Crippen molar-refractivity contribution in [3.8, 4) is 0 Å². The second-order valence-corrected chi connectivity index (χ2v) is 4.30. The summed E-state index contributed by atoms with van der Waals surface area (Å²) in [5.74, 6) is 0.220. The third-order valence-corrected chi connectivity index (χ3v) is 2.92. The van der Waals surface area contributed by atoms with E-state index in [4.69, 9.17) is 10.9 Å². The van der Waals surface area contributed by atoms with Gasteiger partial charge in [-0.3, -0.25) is 0 Å². The normalized spacial score (nSPS) is 21.5. The molecule has 15 heavy (non-hydrogen) atoms. The number of aliphatic hydroxyl groups is 1. The molecule has 0 radical (unpaired) electrons. The Bertz CT molecular complexity index is 213. The van der Waals surface area contributed by atoms with Gasteiger partial charge >= 0.3 is 0 Å². The minimum absolute atomic E-state index is 0.220. The summed E-state index contributed by atoms with van der Waals surface area (Å²) in [5, 5.41) is 24.5. The smallest absolute Gasteiger partial charge is 0.140 e. The van der Waals surface area contributed by atoms with Gasteiger partial charge < -0.3 is 21.4 Å². The minimum Gasteiger partial charge on any atom is -0.409 e. The van der Waals surface area contributed by atoms with E-state index in [1.165, 1.54) is 6.42 Å². The van der Waals surface area contributed by atoms with Gasteiger partial charge in [-0.1, -0.05) is 24.4 Å². The lowest BCUT2D eigenvalue weighted by Crippen LogP contribution is -2.42. The van der Waals surface area contributed by atoms with Crippen LogP contribution in [-0.2, 0) is 0 Å². The Labute approximate surface area is 90.3 Å². The van der Waals surface area contributed by atoms with Crippen LogP contribution in [0.15, 0.2) is 5.16 Å². The highest BCUT2D eigenvalue weighted by atomic mass is 16.4. The van der Waals surface area contributed by atoms with Crippen molar-refractivity contribution in [1.82, 2.24) is 5.32 Å². The lowest BCUT2D eigenvalue weighted by Gasteiger charge is -2.32. The van der Waals surface area contributed by atoms with E-state index in [1.54, 1.807) is 0 Å². The van der Waals surface area contributed by atoms with Crippen molar-refractivity contribution in [2.75, 3.05) is 13.1 Å². The van der Waals surface area contributed by atoms with Gasteiger partial charge in [0.05, 0.1) is 5.60 Å². The van der Waals surface area contributed by atoms with Gasteiger partial charge in [0, 0.05) is 19.5 Å². The molecule has 0 aromatic rings. The van der Waals surface area contributed by atoms with E-state index < -0.39 is 5.60 Å². The zero-order valence-corrected chi connectivity index (χ0v) is 9.08. The first-order chi connectivity index (χ1) is 7.16. The van der Waals surface area contributed by atoms with Gasteiger partial charge in [-0.25, -0.2) is 0 Å². The third-order valence-electron chi connectivity index (χ3n) is 2.92.